The van der Waals surface area contributed by atoms with E-state index in [0.717, 1.165) is 0 Å². The van der Waals surface area contributed by atoms with Gasteiger partial charge in [-0.15, -0.1) is 0 Å². The Labute approximate surface area is 96.1 Å². The lowest BCUT2D eigenvalue weighted by Crippen LogP contribution is -2.25. The Morgan fingerprint density at radius 3 is 1.31 bits per heavy atom. The van der Waals surface area contributed by atoms with Gasteiger partial charge in [0.05, 0.1) is 0 Å². The van der Waals surface area contributed by atoms with Gasteiger partial charge < -0.3 is 0 Å². The fraction of sp³-hybridized carbons (Fsp3) is 0.143. The molecular formula is C14H16N2+2. The summed E-state index contributed by atoms with van der Waals surface area (Å²) in [7, 11) is 4.04. The molecule has 2 aromatic heterocycles. The minimum Gasteiger partial charge on any atom is -0.208 e. The molecule has 2 aromatic rings. The lowest BCUT2D eigenvalue weighted by atomic mass is 10.2. The van der Waals surface area contributed by atoms with E-state index in [1.165, 1.54) is 11.1 Å². The van der Waals surface area contributed by atoms with Crippen LogP contribution in [-0.2, 0) is 14.1 Å². The van der Waals surface area contributed by atoms with Gasteiger partial charge >= 0.3 is 0 Å². The molecule has 0 N–H and O–H groups in total. The molecule has 0 fully saturated rings. The minimum atomic E-state index is 1.21. The number of pyridine rings is 2. The van der Waals surface area contributed by atoms with E-state index < -0.39 is 0 Å². The van der Waals surface area contributed by atoms with E-state index in [0.29, 0.717) is 0 Å². The van der Waals surface area contributed by atoms with Crippen LogP contribution in [0.25, 0.3) is 12.2 Å². The smallest absolute Gasteiger partial charge is 0.169 e. The summed E-state index contributed by atoms with van der Waals surface area (Å²) in [6.45, 7) is 0. The Kier molecular flexibility index (Phi) is 3.10. The number of aromatic nitrogens is 2. The molecule has 0 saturated carbocycles. The summed E-state index contributed by atoms with van der Waals surface area (Å²) in [5.74, 6) is 0. The van der Waals surface area contributed by atoms with Crippen molar-refractivity contribution in [1.29, 1.82) is 0 Å². The molecule has 0 saturated heterocycles. The van der Waals surface area contributed by atoms with E-state index in [1.807, 2.05) is 48.0 Å². The van der Waals surface area contributed by atoms with Crippen LogP contribution in [0.2, 0.25) is 0 Å². The third kappa shape index (κ3) is 2.76. The second-order valence-electron chi connectivity index (χ2n) is 3.93. The van der Waals surface area contributed by atoms with E-state index in [9.17, 15) is 0 Å². The van der Waals surface area contributed by atoms with Crippen molar-refractivity contribution in [2.75, 3.05) is 0 Å². The SMILES string of the molecule is C[n+]1ccc(C=Cc2cc[n+](C)cc2)cc1. The van der Waals surface area contributed by atoms with Gasteiger partial charge in [-0.05, 0) is 11.1 Å². The number of aryl methyl sites for hydroxylation is 2. The highest BCUT2D eigenvalue weighted by atomic mass is 14.9. The van der Waals surface area contributed by atoms with Crippen molar-refractivity contribution in [3.8, 4) is 0 Å². The normalized spacial score (nSPS) is 10.9. The van der Waals surface area contributed by atoms with Crippen LogP contribution in [0.3, 0.4) is 0 Å². The van der Waals surface area contributed by atoms with Crippen LogP contribution in [0.4, 0.5) is 0 Å². The van der Waals surface area contributed by atoms with Gasteiger partial charge in [-0.3, -0.25) is 0 Å². The summed E-state index contributed by atoms with van der Waals surface area (Å²) >= 11 is 0. The lowest BCUT2D eigenvalue weighted by Gasteiger charge is -1.92. The third-order valence-corrected chi connectivity index (χ3v) is 2.48. The number of hydrogen-bond acceptors (Lipinski definition) is 0. The maximum atomic E-state index is 2.12. The second-order valence-corrected chi connectivity index (χ2v) is 3.93. The molecule has 0 amide bonds. The van der Waals surface area contributed by atoms with Crippen molar-refractivity contribution in [3.05, 3.63) is 60.2 Å². The quantitative estimate of drug-likeness (QED) is 0.667. The first-order chi connectivity index (χ1) is 7.74. The van der Waals surface area contributed by atoms with Gasteiger partial charge in [-0.25, -0.2) is 9.13 Å². The molecule has 2 nitrogen and oxygen atoms in total. The highest BCUT2D eigenvalue weighted by Gasteiger charge is 1.93. The fourth-order valence-electron chi connectivity index (χ4n) is 1.44. The van der Waals surface area contributed by atoms with Crippen molar-refractivity contribution >= 4 is 12.2 Å². The molecule has 2 heterocycles. The molecule has 0 aliphatic rings. The molecular weight excluding hydrogens is 196 g/mol. The number of hydrogen-bond donors (Lipinski definition) is 0. The summed E-state index contributed by atoms with van der Waals surface area (Å²) in [5.41, 5.74) is 2.43. The molecule has 0 bridgehead atoms. The zero-order chi connectivity index (χ0) is 11.4. The van der Waals surface area contributed by atoms with Gasteiger partial charge in [0.25, 0.3) is 0 Å². The van der Waals surface area contributed by atoms with Crippen LogP contribution in [-0.4, -0.2) is 0 Å². The van der Waals surface area contributed by atoms with E-state index in [-0.39, 0.29) is 0 Å². The average Bonchev–Trinajstić information content (AvgIpc) is 2.30. The molecule has 2 rings (SSSR count). The monoisotopic (exact) mass is 212 g/mol. The number of nitrogens with zero attached hydrogens (tertiary/aromatic N) is 2. The predicted octanol–water partition coefficient (Wildman–Crippen LogP) is 1.51. The zero-order valence-electron chi connectivity index (χ0n) is 9.67. The van der Waals surface area contributed by atoms with E-state index >= 15 is 0 Å². The first-order valence-electron chi connectivity index (χ1n) is 5.33. The Hall–Kier alpha value is -1.96. The molecule has 0 atom stereocenters. The molecule has 0 aromatic carbocycles. The van der Waals surface area contributed by atoms with Crippen LogP contribution >= 0.6 is 0 Å². The maximum absolute atomic E-state index is 2.12. The standard InChI is InChI=1S/C14H16N2/c1-15-9-5-13(6-10-15)3-4-14-7-11-16(2)12-8-14/h3-12H,1-2H3/q+2. The summed E-state index contributed by atoms with van der Waals surface area (Å²) < 4.78 is 4.06. The second kappa shape index (κ2) is 4.71. The minimum absolute atomic E-state index is 1.21. The summed E-state index contributed by atoms with van der Waals surface area (Å²) in [6.07, 6.45) is 12.4. The molecule has 0 aliphatic carbocycles. The molecule has 2 heteroatoms. The highest BCUT2D eigenvalue weighted by molar-refractivity contribution is 5.68. The molecule has 0 spiro atoms. The predicted molar refractivity (Wildman–Crippen MR) is 64.2 cm³/mol. The van der Waals surface area contributed by atoms with Crippen molar-refractivity contribution in [3.63, 3.8) is 0 Å². The van der Waals surface area contributed by atoms with E-state index in [2.05, 4.69) is 36.4 Å². The molecule has 0 radical (unpaired) electrons. The first-order valence-corrected chi connectivity index (χ1v) is 5.33. The van der Waals surface area contributed by atoms with Crippen molar-refractivity contribution in [2.24, 2.45) is 14.1 Å². The van der Waals surface area contributed by atoms with Crippen molar-refractivity contribution < 1.29 is 9.13 Å². The Bertz CT molecular complexity index is 434. The highest BCUT2D eigenvalue weighted by Crippen LogP contribution is 2.04. The van der Waals surface area contributed by atoms with Crippen molar-refractivity contribution in [2.45, 2.75) is 0 Å². The average molecular weight is 212 g/mol. The third-order valence-electron chi connectivity index (χ3n) is 2.48. The summed E-state index contributed by atoms with van der Waals surface area (Å²) in [5, 5.41) is 0. The van der Waals surface area contributed by atoms with Gasteiger partial charge in [0, 0.05) is 24.3 Å². The molecule has 0 aliphatic heterocycles. The van der Waals surface area contributed by atoms with Crippen LogP contribution in [0.5, 0.6) is 0 Å². The molecule has 80 valence electrons. The lowest BCUT2D eigenvalue weighted by molar-refractivity contribution is -0.671. The van der Waals surface area contributed by atoms with Gasteiger partial charge in [0.2, 0.25) is 0 Å². The van der Waals surface area contributed by atoms with Crippen molar-refractivity contribution in [1.82, 2.24) is 0 Å². The fourth-order valence-corrected chi connectivity index (χ4v) is 1.44. The van der Waals surface area contributed by atoms with Crippen LogP contribution in [0, 0.1) is 0 Å². The van der Waals surface area contributed by atoms with Gasteiger partial charge in [-0.2, -0.15) is 0 Å². The summed E-state index contributed by atoms with van der Waals surface area (Å²) in [4.78, 5) is 0. The van der Waals surface area contributed by atoms with Gasteiger partial charge in [0.1, 0.15) is 14.1 Å². The zero-order valence-corrected chi connectivity index (χ0v) is 9.67. The Morgan fingerprint density at radius 2 is 1.00 bits per heavy atom. The van der Waals surface area contributed by atoms with Crippen LogP contribution < -0.4 is 9.13 Å². The van der Waals surface area contributed by atoms with E-state index in [1.54, 1.807) is 0 Å². The largest absolute Gasteiger partial charge is 0.208 e. The van der Waals surface area contributed by atoms with Gasteiger partial charge in [-0.1, -0.05) is 12.2 Å². The topological polar surface area (TPSA) is 7.76 Å². The number of rotatable bonds is 2. The molecule has 16 heavy (non-hydrogen) atoms. The Balaban J connectivity index is 2.15. The van der Waals surface area contributed by atoms with Crippen LogP contribution in [0.1, 0.15) is 11.1 Å². The summed E-state index contributed by atoms with van der Waals surface area (Å²) in [6, 6.07) is 8.39. The maximum Gasteiger partial charge on any atom is 0.169 e. The van der Waals surface area contributed by atoms with Gasteiger partial charge in [0.15, 0.2) is 24.8 Å². The molecule has 0 unspecified atom stereocenters. The van der Waals surface area contributed by atoms with E-state index in [4.69, 9.17) is 0 Å². The first kappa shape index (κ1) is 10.6. The Morgan fingerprint density at radius 1 is 0.688 bits per heavy atom. The van der Waals surface area contributed by atoms with Crippen LogP contribution in [0.15, 0.2) is 49.1 Å².